The molecular weight excluding hydrogens is 362 g/mol. The van der Waals surface area contributed by atoms with Crippen LogP contribution in [0.15, 0.2) is 36.4 Å². The van der Waals surface area contributed by atoms with Crippen molar-refractivity contribution in [2.24, 2.45) is 0 Å². The van der Waals surface area contributed by atoms with Gasteiger partial charge in [0.15, 0.2) is 6.54 Å². The Morgan fingerprint density at radius 3 is 2.64 bits per heavy atom. The Morgan fingerprint density at radius 2 is 1.96 bits per heavy atom. The molecule has 25 heavy (non-hydrogen) atoms. The summed E-state index contributed by atoms with van der Waals surface area (Å²) in [5.74, 6) is -0.404. The average molecular weight is 382 g/mol. The Bertz CT molecular complexity index is 793. The fourth-order valence-corrected chi connectivity index (χ4v) is 3.36. The van der Waals surface area contributed by atoms with Gasteiger partial charge in [-0.1, -0.05) is 47.5 Å². The molecule has 1 aliphatic rings. The normalized spacial score (nSPS) is 15.0. The molecule has 0 radical (unpaired) electrons. The zero-order chi connectivity index (χ0) is 18.0. The highest BCUT2D eigenvalue weighted by atomic mass is 35.5. The number of carbonyl (C=O) groups is 1. The zero-order valence-electron chi connectivity index (χ0n) is 13.9. The second kappa shape index (κ2) is 7.73. The number of anilines is 1. The second-order valence-corrected chi connectivity index (χ2v) is 7.26. The highest BCUT2D eigenvalue weighted by molar-refractivity contribution is 6.40. The Hall–Kier alpha value is -1.62. The number of hydrogen-bond donors (Lipinski definition) is 2. The van der Waals surface area contributed by atoms with Gasteiger partial charge in [-0.05, 0) is 24.6 Å². The van der Waals surface area contributed by atoms with Gasteiger partial charge in [-0.3, -0.25) is 4.79 Å². The van der Waals surface area contributed by atoms with Gasteiger partial charge in [-0.2, -0.15) is 0 Å². The summed E-state index contributed by atoms with van der Waals surface area (Å²) in [5, 5.41) is 3.67. The van der Waals surface area contributed by atoms with Gasteiger partial charge >= 0.3 is 0 Å². The summed E-state index contributed by atoms with van der Waals surface area (Å²) in [4.78, 5) is 13.6. The van der Waals surface area contributed by atoms with E-state index in [0.29, 0.717) is 33.9 Å². The van der Waals surface area contributed by atoms with Gasteiger partial charge in [0.05, 0.1) is 21.8 Å². The van der Waals surface area contributed by atoms with E-state index in [1.54, 1.807) is 24.3 Å². The SMILES string of the molecule is Cc1ccc(Cl)c(NC(=O)C[NH+](Cc2ccccc2F)C2CC2)c1Cl. The molecule has 3 rings (SSSR count). The van der Waals surface area contributed by atoms with Crippen LogP contribution < -0.4 is 10.2 Å². The molecule has 1 fully saturated rings. The molecule has 1 unspecified atom stereocenters. The third kappa shape index (κ3) is 4.51. The Morgan fingerprint density at radius 1 is 1.24 bits per heavy atom. The molecule has 0 bridgehead atoms. The lowest BCUT2D eigenvalue weighted by Gasteiger charge is -2.20. The van der Waals surface area contributed by atoms with Crippen molar-refractivity contribution < 1.29 is 14.1 Å². The molecule has 1 aliphatic carbocycles. The number of amides is 1. The lowest BCUT2D eigenvalue weighted by molar-refractivity contribution is -0.917. The molecule has 1 atom stereocenters. The third-order valence-electron chi connectivity index (χ3n) is 4.47. The van der Waals surface area contributed by atoms with Crippen molar-refractivity contribution in [1.29, 1.82) is 0 Å². The maximum atomic E-state index is 13.9. The predicted molar refractivity (Wildman–Crippen MR) is 98.8 cm³/mol. The van der Waals surface area contributed by atoms with Crippen molar-refractivity contribution in [3.8, 4) is 0 Å². The van der Waals surface area contributed by atoms with Crippen LogP contribution in [0.2, 0.25) is 10.0 Å². The first-order valence-electron chi connectivity index (χ1n) is 8.28. The molecule has 0 heterocycles. The molecule has 3 nitrogen and oxygen atoms in total. The van der Waals surface area contributed by atoms with Crippen LogP contribution in [0.5, 0.6) is 0 Å². The Balaban J connectivity index is 1.70. The number of quaternary nitrogens is 1. The number of nitrogens with one attached hydrogen (secondary N) is 2. The maximum Gasteiger partial charge on any atom is 0.279 e. The van der Waals surface area contributed by atoms with E-state index in [9.17, 15) is 9.18 Å². The van der Waals surface area contributed by atoms with E-state index >= 15 is 0 Å². The highest BCUT2D eigenvalue weighted by Crippen LogP contribution is 2.32. The summed E-state index contributed by atoms with van der Waals surface area (Å²) in [5.41, 5.74) is 1.91. The van der Waals surface area contributed by atoms with Crippen LogP contribution in [0.3, 0.4) is 0 Å². The fourth-order valence-electron chi connectivity index (χ4n) is 2.89. The molecular formula is C19H20Cl2FN2O+. The van der Waals surface area contributed by atoms with Gasteiger partial charge in [0.25, 0.3) is 5.91 Å². The minimum Gasteiger partial charge on any atom is -0.321 e. The van der Waals surface area contributed by atoms with Crippen molar-refractivity contribution in [3.63, 3.8) is 0 Å². The van der Waals surface area contributed by atoms with Gasteiger partial charge in [0.1, 0.15) is 12.4 Å². The number of benzene rings is 2. The summed E-state index contributed by atoms with van der Waals surface area (Å²) in [6.07, 6.45) is 2.12. The molecule has 0 saturated heterocycles. The number of aryl methyl sites for hydroxylation is 1. The molecule has 132 valence electrons. The maximum absolute atomic E-state index is 13.9. The van der Waals surface area contributed by atoms with Crippen LogP contribution in [-0.4, -0.2) is 18.5 Å². The first-order valence-corrected chi connectivity index (χ1v) is 9.03. The monoisotopic (exact) mass is 381 g/mol. The quantitative estimate of drug-likeness (QED) is 0.786. The average Bonchev–Trinajstić information content (AvgIpc) is 3.41. The topological polar surface area (TPSA) is 33.5 Å². The van der Waals surface area contributed by atoms with Crippen molar-refractivity contribution >= 4 is 34.8 Å². The van der Waals surface area contributed by atoms with Crippen LogP contribution in [-0.2, 0) is 11.3 Å². The molecule has 2 aromatic carbocycles. The first-order chi connectivity index (χ1) is 12.0. The zero-order valence-corrected chi connectivity index (χ0v) is 15.4. The molecule has 0 aromatic heterocycles. The molecule has 6 heteroatoms. The molecule has 1 saturated carbocycles. The van der Waals surface area contributed by atoms with Crippen LogP contribution >= 0.6 is 23.2 Å². The summed E-state index contributed by atoms with van der Waals surface area (Å²) in [6.45, 7) is 2.59. The van der Waals surface area contributed by atoms with E-state index < -0.39 is 0 Å². The molecule has 2 N–H and O–H groups in total. The van der Waals surface area contributed by atoms with E-state index in [0.717, 1.165) is 23.3 Å². The van der Waals surface area contributed by atoms with Crippen LogP contribution in [0, 0.1) is 12.7 Å². The van der Waals surface area contributed by atoms with Crippen molar-refractivity contribution in [2.45, 2.75) is 32.4 Å². The Labute approximate surface area is 156 Å². The molecule has 0 aliphatic heterocycles. The van der Waals surface area contributed by atoms with E-state index in [-0.39, 0.29) is 18.3 Å². The summed E-state index contributed by atoms with van der Waals surface area (Å²) >= 11 is 12.4. The summed E-state index contributed by atoms with van der Waals surface area (Å²) in [7, 11) is 0. The van der Waals surface area contributed by atoms with Gasteiger partial charge < -0.3 is 10.2 Å². The standard InChI is InChI=1S/C19H19Cl2FN2O/c1-12-6-9-15(20)19(18(12)21)23-17(25)11-24(14-7-8-14)10-13-4-2-3-5-16(13)22/h2-6,9,14H,7-8,10-11H2,1H3,(H,23,25)/p+1. The highest BCUT2D eigenvalue weighted by Gasteiger charge is 2.35. The third-order valence-corrected chi connectivity index (χ3v) is 5.27. The van der Waals surface area contributed by atoms with Crippen LogP contribution in [0.1, 0.15) is 24.0 Å². The molecule has 0 spiro atoms. The molecule has 1 amide bonds. The lowest BCUT2D eigenvalue weighted by Crippen LogP contribution is -3.13. The first kappa shape index (κ1) is 18.2. The van der Waals surface area contributed by atoms with Crippen LogP contribution in [0.25, 0.3) is 0 Å². The van der Waals surface area contributed by atoms with Crippen molar-refractivity contribution in [3.05, 3.63) is 63.4 Å². The number of rotatable bonds is 6. The van der Waals surface area contributed by atoms with E-state index in [2.05, 4.69) is 5.32 Å². The Kier molecular flexibility index (Phi) is 5.62. The number of halogens is 3. The number of hydrogen-bond acceptors (Lipinski definition) is 1. The second-order valence-electron chi connectivity index (χ2n) is 6.48. The largest absolute Gasteiger partial charge is 0.321 e. The van der Waals surface area contributed by atoms with Crippen molar-refractivity contribution in [2.75, 3.05) is 11.9 Å². The van der Waals surface area contributed by atoms with Gasteiger partial charge in [0.2, 0.25) is 0 Å². The lowest BCUT2D eigenvalue weighted by atomic mass is 10.2. The number of carbonyl (C=O) groups excluding carboxylic acids is 1. The predicted octanol–water partition coefficient (Wildman–Crippen LogP) is 3.63. The smallest absolute Gasteiger partial charge is 0.279 e. The minimum atomic E-state index is -0.231. The molecule has 2 aromatic rings. The van der Waals surface area contributed by atoms with Gasteiger partial charge in [0, 0.05) is 18.4 Å². The fraction of sp³-hybridized carbons (Fsp3) is 0.316. The van der Waals surface area contributed by atoms with Crippen molar-refractivity contribution in [1.82, 2.24) is 0 Å². The van der Waals surface area contributed by atoms with E-state index in [4.69, 9.17) is 23.2 Å². The van der Waals surface area contributed by atoms with Crippen LogP contribution in [0.4, 0.5) is 10.1 Å². The summed E-state index contributed by atoms with van der Waals surface area (Å²) < 4.78 is 13.9. The van der Waals surface area contributed by atoms with E-state index in [1.807, 2.05) is 13.0 Å². The van der Waals surface area contributed by atoms with Gasteiger partial charge in [-0.15, -0.1) is 0 Å². The van der Waals surface area contributed by atoms with E-state index in [1.165, 1.54) is 6.07 Å². The summed E-state index contributed by atoms with van der Waals surface area (Å²) in [6, 6.07) is 10.6. The van der Waals surface area contributed by atoms with Gasteiger partial charge in [-0.25, -0.2) is 4.39 Å². The minimum absolute atomic E-state index is 0.173.